The Morgan fingerprint density at radius 2 is 1.00 bits per heavy atom. The van der Waals surface area contributed by atoms with Crippen molar-refractivity contribution in [2.45, 2.75) is 0 Å². The zero-order chi connectivity index (χ0) is 15.1. The van der Waals surface area contributed by atoms with Gasteiger partial charge in [-0.15, -0.1) is 0 Å². The van der Waals surface area contributed by atoms with Crippen LogP contribution >= 0.6 is 0 Å². The van der Waals surface area contributed by atoms with Gasteiger partial charge < -0.3 is 31.3 Å². The quantitative estimate of drug-likeness (QED) is 0.518. The molecule has 2 aromatic rings. The van der Waals surface area contributed by atoms with E-state index in [0.29, 0.717) is 0 Å². The number of carboxylic acids is 2. The zero-order valence-corrected chi connectivity index (χ0v) is 15.1. The van der Waals surface area contributed by atoms with Crippen molar-refractivity contribution in [2.24, 2.45) is 0 Å². The predicted octanol–water partition coefficient (Wildman–Crippen LogP) is -0.738. The molecule has 0 spiro atoms. The fourth-order valence-electron chi connectivity index (χ4n) is 1.37. The van der Waals surface area contributed by atoms with Crippen molar-refractivity contribution in [3.05, 3.63) is 59.7 Å². The number of carbonyl (C=O) groups excluding carboxylic acids is 2. The van der Waals surface area contributed by atoms with Gasteiger partial charge in [0.05, 0.1) is 11.9 Å². The molecule has 0 saturated carbocycles. The first kappa shape index (κ1) is 18.9. The maximum Gasteiger partial charge on any atom is 2.00 e. The number of hydrogen-bond acceptors (Lipinski definition) is 6. The molecule has 0 saturated heterocycles. The predicted molar refractivity (Wildman–Crippen MR) is 70.4 cm³/mol. The van der Waals surface area contributed by atoms with Crippen molar-refractivity contribution in [3.8, 4) is 0 Å². The summed E-state index contributed by atoms with van der Waals surface area (Å²) in [7, 11) is 0. The molecule has 7 heteroatoms. The summed E-state index contributed by atoms with van der Waals surface area (Å²) >= 11 is 0. The molecule has 6 nitrogen and oxygen atoms in total. The van der Waals surface area contributed by atoms with Crippen LogP contribution < -0.4 is 21.7 Å². The number of carbonyl (C=O) groups is 2. The van der Waals surface area contributed by atoms with Gasteiger partial charge >= 0.3 is 27.3 Å². The fourth-order valence-corrected chi connectivity index (χ4v) is 1.37. The summed E-state index contributed by atoms with van der Waals surface area (Å²) < 4.78 is 0. The number of nitrogen functional groups attached to an aromatic ring is 2. The van der Waals surface area contributed by atoms with Crippen LogP contribution in [0.25, 0.3) is 0 Å². The van der Waals surface area contributed by atoms with Crippen LogP contribution in [0.15, 0.2) is 48.5 Å². The molecule has 104 valence electrons. The van der Waals surface area contributed by atoms with Crippen LogP contribution in [0.5, 0.6) is 0 Å². The molecule has 0 radical (unpaired) electrons. The van der Waals surface area contributed by atoms with Gasteiger partial charge in [0.25, 0.3) is 0 Å². The van der Waals surface area contributed by atoms with Crippen LogP contribution in [-0.4, -0.2) is 11.9 Å². The van der Waals surface area contributed by atoms with Crippen LogP contribution in [0.1, 0.15) is 20.7 Å². The van der Waals surface area contributed by atoms with E-state index in [1.807, 2.05) is 0 Å². The second kappa shape index (κ2) is 8.95. The molecule has 0 unspecified atom stereocenters. The molecule has 0 atom stereocenters. The first-order chi connectivity index (χ1) is 9.43. The van der Waals surface area contributed by atoms with Crippen LogP contribution in [0.3, 0.4) is 0 Å². The molecular formula is C14H12CdN2O4. The van der Waals surface area contributed by atoms with Crippen molar-refractivity contribution in [1.82, 2.24) is 0 Å². The van der Waals surface area contributed by atoms with E-state index in [9.17, 15) is 19.8 Å². The maximum absolute atomic E-state index is 10.2. The normalized spacial score (nSPS) is 8.76. The van der Waals surface area contributed by atoms with E-state index >= 15 is 0 Å². The van der Waals surface area contributed by atoms with Gasteiger partial charge in [-0.3, -0.25) is 0 Å². The maximum atomic E-state index is 10.2. The summed E-state index contributed by atoms with van der Waals surface area (Å²) in [4.78, 5) is 20.5. The van der Waals surface area contributed by atoms with Crippen molar-refractivity contribution in [1.29, 1.82) is 0 Å². The standard InChI is InChI=1S/2C7H7NO2.Cd/c2*8-6-4-2-1-3-5(6)7(9)10;/h2*1-4H,8H2,(H,9,10);/q;;+2/p-2. The monoisotopic (exact) mass is 386 g/mol. The van der Waals surface area contributed by atoms with Crippen LogP contribution in [0.4, 0.5) is 11.4 Å². The molecule has 0 bridgehead atoms. The number of aromatic carboxylic acids is 2. The van der Waals surface area contributed by atoms with Crippen molar-refractivity contribution >= 4 is 23.3 Å². The first-order valence-electron chi connectivity index (χ1n) is 5.55. The minimum atomic E-state index is -1.24. The molecule has 0 aliphatic carbocycles. The Labute approximate surface area is 141 Å². The summed E-state index contributed by atoms with van der Waals surface area (Å²) in [5.74, 6) is -2.48. The van der Waals surface area contributed by atoms with Crippen molar-refractivity contribution in [2.75, 3.05) is 11.5 Å². The molecule has 0 fully saturated rings. The minimum absolute atomic E-state index is 0. The summed E-state index contributed by atoms with van der Waals surface area (Å²) in [6.07, 6.45) is 0. The third-order valence-corrected chi connectivity index (χ3v) is 2.36. The van der Waals surface area contributed by atoms with Crippen LogP contribution in [0.2, 0.25) is 0 Å². The summed E-state index contributed by atoms with van der Waals surface area (Å²) in [6.45, 7) is 0. The number of carboxylic acid groups (broad SMARTS) is 2. The van der Waals surface area contributed by atoms with Gasteiger partial charge in [-0.05, 0) is 12.1 Å². The summed E-state index contributed by atoms with van der Waals surface area (Å²) in [5, 5.41) is 20.5. The SMILES string of the molecule is Nc1ccccc1C(=O)[O-].Nc1ccccc1C(=O)[O-].[Cd+2]. The topological polar surface area (TPSA) is 132 Å². The van der Waals surface area contributed by atoms with E-state index in [4.69, 9.17) is 11.5 Å². The number of rotatable bonds is 2. The largest absolute Gasteiger partial charge is 2.00 e. The number of para-hydroxylation sites is 2. The fraction of sp³-hybridized carbons (Fsp3) is 0. The second-order valence-electron chi connectivity index (χ2n) is 3.75. The van der Waals surface area contributed by atoms with Crippen LogP contribution in [0, 0.1) is 0 Å². The third-order valence-electron chi connectivity index (χ3n) is 2.36. The van der Waals surface area contributed by atoms with Crippen LogP contribution in [-0.2, 0) is 27.3 Å². The van der Waals surface area contributed by atoms with Crippen molar-refractivity contribution < 1.29 is 47.1 Å². The Morgan fingerprint density at radius 3 is 1.19 bits per heavy atom. The minimum Gasteiger partial charge on any atom is -0.545 e. The third kappa shape index (κ3) is 5.81. The van der Waals surface area contributed by atoms with Gasteiger partial charge in [-0.25, -0.2) is 0 Å². The number of nitrogens with two attached hydrogens (primary N) is 2. The summed E-state index contributed by atoms with van der Waals surface area (Å²) in [5.41, 5.74) is 11.2. The Kier molecular flexibility index (Phi) is 8.06. The average Bonchev–Trinajstić information content (AvgIpc) is 2.40. The number of hydrogen-bond donors (Lipinski definition) is 2. The van der Waals surface area contributed by atoms with E-state index in [-0.39, 0.29) is 49.8 Å². The molecular weight excluding hydrogens is 373 g/mol. The molecule has 21 heavy (non-hydrogen) atoms. The molecule has 0 heterocycles. The Balaban J connectivity index is 0.000000364. The van der Waals surface area contributed by atoms with Gasteiger partial charge in [0.2, 0.25) is 0 Å². The van der Waals surface area contributed by atoms with E-state index < -0.39 is 11.9 Å². The van der Waals surface area contributed by atoms with Gasteiger partial charge in [0.1, 0.15) is 0 Å². The molecule has 0 amide bonds. The van der Waals surface area contributed by atoms with Gasteiger partial charge in [-0.1, -0.05) is 36.4 Å². The number of benzene rings is 2. The molecule has 0 aliphatic heterocycles. The molecule has 4 N–H and O–H groups in total. The first-order valence-corrected chi connectivity index (χ1v) is 5.55. The average molecular weight is 385 g/mol. The smallest absolute Gasteiger partial charge is 0.545 e. The zero-order valence-electron chi connectivity index (χ0n) is 11.1. The van der Waals surface area contributed by atoms with Crippen molar-refractivity contribution in [3.63, 3.8) is 0 Å². The van der Waals surface area contributed by atoms with Gasteiger partial charge in [-0.2, -0.15) is 0 Å². The van der Waals surface area contributed by atoms with E-state index in [2.05, 4.69) is 0 Å². The second-order valence-corrected chi connectivity index (χ2v) is 3.75. The Hall–Kier alpha value is -2.10. The summed E-state index contributed by atoms with van der Waals surface area (Å²) in [6, 6.07) is 12.4. The van der Waals surface area contributed by atoms with E-state index in [0.717, 1.165) is 0 Å². The molecule has 0 aliphatic rings. The molecule has 2 aromatic carbocycles. The number of anilines is 2. The van der Waals surface area contributed by atoms with E-state index in [1.165, 1.54) is 24.3 Å². The molecule has 0 aromatic heterocycles. The van der Waals surface area contributed by atoms with Gasteiger partial charge in [0, 0.05) is 22.5 Å². The van der Waals surface area contributed by atoms with E-state index in [1.54, 1.807) is 24.3 Å². The molecule has 2 rings (SSSR count). The van der Waals surface area contributed by atoms with Gasteiger partial charge in [0.15, 0.2) is 0 Å². The Morgan fingerprint density at radius 1 is 0.714 bits per heavy atom. The Bertz CT molecular complexity index is 576.